The third kappa shape index (κ3) is 3.54. The lowest BCUT2D eigenvalue weighted by molar-refractivity contribution is 0.560. The molecule has 0 amide bonds. The molecule has 4 aromatic rings. The highest BCUT2D eigenvalue weighted by Crippen LogP contribution is 2.25. The Kier molecular flexibility index (Phi) is 4.70. The van der Waals surface area contributed by atoms with Crippen LogP contribution in [0.1, 0.15) is 17.4 Å². The van der Waals surface area contributed by atoms with Crippen LogP contribution in [-0.2, 0) is 17.1 Å². The Balaban J connectivity index is 1.77. The van der Waals surface area contributed by atoms with E-state index in [4.69, 9.17) is 0 Å². The van der Waals surface area contributed by atoms with Gasteiger partial charge in [0.1, 0.15) is 17.7 Å². The molecule has 1 heterocycles. The number of rotatable bonds is 5. The second-order valence-electron chi connectivity index (χ2n) is 6.51. The molecule has 1 atom stereocenters. The summed E-state index contributed by atoms with van der Waals surface area (Å²) in [5.41, 5.74) is 0.471. The predicted octanol–water partition coefficient (Wildman–Crippen LogP) is 3.78. The number of hydrogen-bond donors (Lipinski definition) is 1. The average molecular weight is 395 g/mol. The molecule has 3 aromatic carbocycles. The fourth-order valence-corrected chi connectivity index (χ4v) is 4.39. The van der Waals surface area contributed by atoms with E-state index in [1.807, 2.05) is 24.3 Å². The van der Waals surface area contributed by atoms with E-state index < -0.39 is 21.9 Å². The van der Waals surface area contributed by atoms with E-state index in [0.717, 1.165) is 10.8 Å². The van der Waals surface area contributed by atoms with Crippen molar-refractivity contribution in [3.63, 3.8) is 0 Å². The minimum absolute atomic E-state index is 0.141. The fraction of sp³-hybridized carbons (Fsp3) is 0.0952. The Morgan fingerprint density at radius 2 is 1.79 bits per heavy atom. The smallest absolute Gasteiger partial charge is 0.241 e. The molecule has 4 rings (SSSR count). The maximum absolute atomic E-state index is 13.8. The molecule has 0 aliphatic heterocycles. The molecule has 0 spiro atoms. The van der Waals surface area contributed by atoms with Crippen molar-refractivity contribution < 1.29 is 12.8 Å². The van der Waals surface area contributed by atoms with Gasteiger partial charge in [-0.05, 0) is 40.6 Å². The van der Waals surface area contributed by atoms with E-state index in [1.54, 1.807) is 54.3 Å². The van der Waals surface area contributed by atoms with E-state index >= 15 is 0 Å². The quantitative estimate of drug-likeness (QED) is 0.559. The SMILES string of the molecule is Cn1ccnc1C(NS(=O)(=O)c1ccc2ccccc2c1)c1cccc(F)c1. The average Bonchev–Trinajstić information content (AvgIpc) is 3.11. The van der Waals surface area contributed by atoms with Gasteiger partial charge >= 0.3 is 0 Å². The zero-order valence-electron chi connectivity index (χ0n) is 15.1. The Morgan fingerprint density at radius 1 is 1.00 bits per heavy atom. The van der Waals surface area contributed by atoms with Crippen molar-refractivity contribution in [1.82, 2.24) is 14.3 Å². The van der Waals surface area contributed by atoms with E-state index in [9.17, 15) is 12.8 Å². The van der Waals surface area contributed by atoms with Gasteiger partial charge in [-0.1, -0.05) is 42.5 Å². The summed E-state index contributed by atoms with van der Waals surface area (Å²) in [6, 6.07) is 17.5. The van der Waals surface area contributed by atoms with Gasteiger partial charge in [-0.25, -0.2) is 17.8 Å². The Hall–Kier alpha value is -3.03. The zero-order chi connectivity index (χ0) is 19.7. The lowest BCUT2D eigenvalue weighted by Crippen LogP contribution is -2.31. The van der Waals surface area contributed by atoms with Gasteiger partial charge in [0.15, 0.2) is 0 Å². The molecule has 7 heteroatoms. The molecule has 1 unspecified atom stereocenters. The summed E-state index contributed by atoms with van der Waals surface area (Å²) in [5, 5.41) is 1.77. The minimum atomic E-state index is -3.88. The number of hydrogen-bond acceptors (Lipinski definition) is 3. The van der Waals surface area contributed by atoms with Crippen LogP contribution in [-0.4, -0.2) is 18.0 Å². The van der Waals surface area contributed by atoms with E-state index in [2.05, 4.69) is 9.71 Å². The Morgan fingerprint density at radius 3 is 2.50 bits per heavy atom. The van der Waals surface area contributed by atoms with Crippen molar-refractivity contribution in [1.29, 1.82) is 0 Å². The maximum Gasteiger partial charge on any atom is 0.241 e. The number of benzene rings is 3. The highest BCUT2D eigenvalue weighted by atomic mass is 32.2. The Bertz CT molecular complexity index is 1250. The second kappa shape index (κ2) is 7.18. The van der Waals surface area contributed by atoms with Crippen LogP contribution in [0, 0.1) is 5.82 Å². The van der Waals surface area contributed by atoms with Gasteiger partial charge in [0.05, 0.1) is 4.90 Å². The van der Waals surface area contributed by atoms with Crippen LogP contribution in [0.25, 0.3) is 10.8 Å². The summed E-state index contributed by atoms with van der Waals surface area (Å²) < 4.78 is 44.4. The highest BCUT2D eigenvalue weighted by Gasteiger charge is 2.26. The molecule has 1 aromatic heterocycles. The van der Waals surface area contributed by atoms with E-state index in [0.29, 0.717) is 11.4 Å². The van der Waals surface area contributed by atoms with Gasteiger partial charge in [0.2, 0.25) is 10.0 Å². The maximum atomic E-state index is 13.8. The van der Waals surface area contributed by atoms with Crippen molar-refractivity contribution in [2.24, 2.45) is 7.05 Å². The van der Waals surface area contributed by atoms with Crippen molar-refractivity contribution in [3.05, 3.63) is 96.3 Å². The summed E-state index contributed by atoms with van der Waals surface area (Å²) in [5.74, 6) is 0.0246. The molecular weight excluding hydrogens is 377 g/mol. The standard InChI is InChI=1S/C21H18FN3O2S/c1-25-12-11-23-21(25)20(17-7-4-8-18(22)13-17)24-28(26,27)19-10-9-15-5-2-3-6-16(15)14-19/h2-14,20,24H,1H3. The van der Waals surface area contributed by atoms with Gasteiger partial charge in [-0.2, -0.15) is 4.72 Å². The number of halogens is 1. The molecule has 0 radical (unpaired) electrons. The summed E-state index contributed by atoms with van der Waals surface area (Å²) in [4.78, 5) is 4.40. The lowest BCUT2D eigenvalue weighted by atomic mass is 10.1. The summed E-state index contributed by atoms with van der Waals surface area (Å²) >= 11 is 0. The van der Waals surface area contributed by atoms with E-state index in [-0.39, 0.29) is 4.90 Å². The molecule has 0 bridgehead atoms. The van der Waals surface area contributed by atoms with Crippen LogP contribution in [0.3, 0.4) is 0 Å². The fourth-order valence-electron chi connectivity index (χ4n) is 3.17. The van der Waals surface area contributed by atoms with Crippen molar-refractivity contribution >= 4 is 20.8 Å². The number of nitrogens with zero attached hydrogens (tertiary/aromatic N) is 2. The number of nitrogens with one attached hydrogen (secondary N) is 1. The molecule has 5 nitrogen and oxygen atoms in total. The first-order valence-corrected chi connectivity index (χ1v) is 10.2. The van der Waals surface area contributed by atoms with Gasteiger partial charge in [0, 0.05) is 19.4 Å². The molecular formula is C21H18FN3O2S. The number of sulfonamides is 1. The normalized spacial score (nSPS) is 12.9. The van der Waals surface area contributed by atoms with Gasteiger partial charge in [0.25, 0.3) is 0 Å². The lowest BCUT2D eigenvalue weighted by Gasteiger charge is -2.19. The van der Waals surface area contributed by atoms with Crippen LogP contribution in [0.5, 0.6) is 0 Å². The summed E-state index contributed by atoms with van der Waals surface area (Å²) in [6.07, 6.45) is 3.29. The Labute approximate surface area is 162 Å². The topological polar surface area (TPSA) is 64.0 Å². The molecule has 142 valence electrons. The van der Waals surface area contributed by atoms with Crippen LogP contribution in [0.15, 0.2) is 84.0 Å². The summed E-state index contributed by atoms with van der Waals surface area (Å²) in [7, 11) is -2.12. The van der Waals surface area contributed by atoms with Crippen LogP contribution >= 0.6 is 0 Å². The van der Waals surface area contributed by atoms with Crippen molar-refractivity contribution in [3.8, 4) is 0 Å². The second-order valence-corrected chi connectivity index (χ2v) is 8.23. The van der Waals surface area contributed by atoms with Gasteiger partial charge in [-0.15, -0.1) is 0 Å². The summed E-state index contributed by atoms with van der Waals surface area (Å²) in [6.45, 7) is 0. The largest absolute Gasteiger partial charge is 0.336 e. The molecule has 0 aliphatic carbocycles. The number of fused-ring (bicyclic) bond motifs is 1. The number of aromatic nitrogens is 2. The van der Waals surface area contributed by atoms with E-state index in [1.165, 1.54) is 12.1 Å². The first kappa shape index (κ1) is 18.3. The number of aryl methyl sites for hydroxylation is 1. The molecule has 1 N–H and O–H groups in total. The molecule has 0 saturated heterocycles. The molecule has 0 saturated carbocycles. The minimum Gasteiger partial charge on any atom is -0.336 e. The third-order valence-electron chi connectivity index (χ3n) is 4.60. The first-order valence-electron chi connectivity index (χ1n) is 8.68. The first-order chi connectivity index (χ1) is 13.4. The monoisotopic (exact) mass is 395 g/mol. The van der Waals surface area contributed by atoms with Crippen LogP contribution in [0.4, 0.5) is 4.39 Å². The molecule has 28 heavy (non-hydrogen) atoms. The van der Waals surface area contributed by atoms with Gasteiger partial charge < -0.3 is 4.57 Å². The highest BCUT2D eigenvalue weighted by molar-refractivity contribution is 7.89. The molecule has 0 aliphatic rings. The van der Waals surface area contributed by atoms with Crippen LogP contribution < -0.4 is 4.72 Å². The zero-order valence-corrected chi connectivity index (χ0v) is 15.9. The molecule has 0 fully saturated rings. The number of imidazole rings is 1. The third-order valence-corrected chi connectivity index (χ3v) is 6.02. The van der Waals surface area contributed by atoms with Crippen LogP contribution in [0.2, 0.25) is 0 Å². The van der Waals surface area contributed by atoms with Crippen molar-refractivity contribution in [2.75, 3.05) is 0 Å². The van der Waals surface area contributed by atoms with Gasteiger partial charge in [-0.3, -0.25) is 0 Å². The predicted molar refractivity (Wildman–Crippen MR) is 106 cm³/mol. The van der Waals surface area contributed by atoms with Crippen molar-refractivity contribution in [2.45, 2.75) is 10.9 Å².